The lowest BCUT2D eigenvalue weighted by atomic mass is 10.2. The fourth-order valence-corrected chi connectivity index (χ4v) is 2.30. The average molecular weight is 257 g/mol. The zero-order valence-corrected chi connectivity index (χ0v) is 10.8. The fraction of sp³-hybridized carbons (Fsp3) is 0.417. The second-order valence-corrected chi connectivity index (χ2v) is 4.67. The van der Waals surface area contributed by atoms with Crippen LogP contribution in [0.5, 0.6) is 0 Å². The normalized spacial score (nSPS) is 10.3. The molecule has 0 saturated heterocycles. The predicted octanol–water partition coefficient (Wildman–Crippen LogP) is 2.20. The largest absolute Gasteiger partial charge is 0.469 e. The number of halogens is 1. The SMILES string of the molecule is CNCc1cc(F)cc(SCCC(=O)OC)c1. The zero-order chi connectivity index (χ0) is 12.7. The molecule has 0 aliphatic heterocycles. The fourth-order valence-electron chi connectivity index (χ4n) is 1.36. The molecule has 0 bridgehead atoms. The summed E-state index contributed by atoms with van der Waals surface area (Å²) < 4.78 is 17.8. The molecule has 0 spiro atoms. The van der Waals surface area contributed by atoms with Crippen molar-refractivity contribution in [2.45, 2.75) is 17.9 Å². The Labute approximate surface area is 105 Å². The van der Waals surface area contributed by atoms with Gasteiger partial charge in [0, 0.05) is 17.2 Å². The minimum Gasteiger partial charge on any atom is -0.469 e. The second-order valence-electron chi connectivity index (χ2n) is 3.50. The lowest BCUT2D eigenvalue weighted by Gasteiger charge is -2.05. The molecular formula is C12H16FNO2S. The van der Waals surface area contributed by atoms with Gasteiger partial charge in [-0.05, 0) is 30.8 Å². The van der Waals surface area contributed by atoms with Gasteiger partial charge in [0.05, 0.1) is 13.5 Å². The maximum absolute atomic E-state index is 13.3. The number of rotatable bonds is 6. The van der Waals surface area contributed by atoms with Crippen LogP contribution >= 0.6 is 11.8 Å². The Morgan fingerprint density at radius 1 is 1.47 bits per heavy atom. The van der Waals surface area contributed by atoms with Crippen molar-refractivity contribution in [1.29, 1.82) is 0 Å². The van der Waals surface area contributed by atoms with E-state index in [1.54, 1.807) is 0 Å². The van der Waals surface area contributed by atoms with E-state index < -0.39 is 0 Å². The van der Waals surface area contributed by atoms with Gasteiger partial charge in [-0.15, -0.1) is 11.8 Å². The summed E-state index contributed by atoms with van der Waals surface area (Å²) in [5.74, 6) is 0.0949. The zero-order valence-electron chi connectivity index (χ0n) is 9.96. The summed E-state index contributed by atoms with van der Waals surface area (Å²) in [6, 6.07) is 4.89. The number of thioether (sulfide) groups is 1. The summed E-state index contributed by atoms with van der Waals surface area (Å²) in [7, 11) is 3.18. The molecule has 0 unspecified atom stereocenters. The van der Waals surface area contributed by atoms with Gasteiger partial charge in [-0.2, -0.15) is 0 Å². The molecule has 0 aromatic heterocycles. The van der Waals surface area contributed by atoms with Gasteiger partial charge < -0.3 is 10.1 Å². The predicted molar refractivity (Wildman–Crippen MR) is 66.5 cm³/mol. The maximum Gasteiger partial charge on any atom is 0.306 e. The van der Waals surface area contributed by atoms with Crippen molar-refractivity contribution in [3.63, 3.8) is 0 Å². The van der Waals surface area contributed by atoms with Gasteiger partial charge in [-0.25, -0.2) is 4.39 Å². The first-order chi connectivity index (χ1) is 8.15. The van der Waals surface area contributed by atoms with Gasteiger partial charge in [-0.3, -0.25) is 4.79 Å². The van der Waals surface area contributed by atoms with Crippen LogP contribution < -0.4 is 5.32 Å². The molecule has 94 valence electrons. The van der Waals surface area contributed by atoms with Crippen LogP contribution in [0.4, 0.5) is 4.39 Å². The number of nitrogens with one attached hydrogen (secondary N) is 1. The number of carbonyl (C=O) groups excluding carboxylic acids is 1. The monoisotopic (exact) mass is 257 g/mol. The number of esters is 1. The van der Waals surface area contributed by atoms with E-state index in [0.29, 0.717) is 18.7 Å². The molecule has 0 fully saturated rings. The van der Waals surface area contributed by atoms with Crippen LogP contribution in [0, 0.1) is 5.82 Å². The van der Waals surface area contributed by atoms with E-state index in [1.807, 2.05) is 13.1 Å². The molecule has 0 amide bonds. The number of ether oxygens (including phenoxy) is 1. The van der Waals surface area contributed by atoms with E-state index in [0.717, 1.165) is 10.5 Å². The van der Waals surface area contributed by atoms with E-state index >= 15 is 0 Å². The molecular weight excluding hydrogens is 241 g/mol. The Morgan fingerprint density at radius 2 is 2.24 bits per heavy atom. The molecule has 0 heterocycles. The Bertz CT molecular complexity index is 385. The van der Waals surface area contributed by atoms with Crippen molar-refractivity contribution in [2.24, 2.45) is 0 Å². The second kappa shape index (κ2) is 7.29. The summed E-state index contributed by atoms with van der Waals surface area (Å²) in [4.78, 5) is 11.8. The molecule has 0 atom stereocenters. The topological polar surface area (TPSA) is 38.3 Å². The molecule has 0 radical (unpaired) electrons. The Morgan fingerprint density at radius 3 is 2.88 bits per heavy atom. The first-order valence-corrected chi connectivity index (χ1v) is 6.28. The summed E-state index contributed by atoms with van der Waals surface area (Å²) in [5.41, 5.74) is 0.896. The average Bonchev–Trinajstić information content (AvgIpc) is 2.28. The maximum atomic E-state index is 13.3. The third-order valence-electron chi connectivity index (χ3n) is 2.11. The first-order valence-electron chi connectivity index (χ1n) is 5.29. The molecule has 1 aromatic rings. The molecule has 0 saturated carbocycles. The standard InChI is InChI=1S/C12H16FNO2S/c1-14-8-9-5-10(13)7-11(6-9)17-4-3-12(15)16-2/h5-7,14H,3-4,8H2,1-2H3. The number of hydrogen-bond donors (Lipinski definition) is 1. The molecule has 1 aromatic carbocycles. The summed E-state index contributed by atoms with van der Waals surface area (Å²) >= 11 is 1.45. The van der Waals surface area contributed by atoms with Crippen LogP contribution in [-0.4, -0.2) is 25.9 Å². The minimum atomic E-state index is -0.252. The van der Waals surface area contributed by atoms with Gasteiger partial charge in [-0.1, -0.05) is 0 Å². The third kappa shape index (κ3) is 5.19. The van der Waals surface area contributed by atoms with E-state index in [-0.39, 0.29) is 11.8 Å². The van der Waals surface area contributed by atoms with Crippen LogP contribution in [0.15, 0.2) is 23.1 Å². The van der Waals surface area contributed by atoms with Crippen molar-refractivity contribution in [1.82, 2.24) is 5.32 Å². The quantitative estimate of drug-likeness (QED) is 0.626. The molecule has 5 heteroatoms. The Balaban J connectivity index is 2.55. The number of benzene rings is 1. The lowest BCUT2D eigenvalue weighted by molar-refractivity contribution is -0.140. The molecule has 1 N–H and O–H groups in total. The highest BCUT2D eigenvalue weighted by molar-refractivity contribution is 7.99. The molecule has 0 aliphatic rings. The van der Waals surface area contributed by atoms with Gasteiger partial charge in [0.1, 0.15) is 5.82 Å². The number of hydrogen-bond acceptors (Lipinski definition) is 4. The highest BCUT2D eigenvalue weighted by atomic mass is 32.2. The van der Waals surface area contributed by atoms with Crippen molar-refractivity contribution >= 4 is 17.7 Å². The van der Waals surface area contributed by atoms with Crippen LogP contribution in [0.2, 0.25) is 0 Å². The van der Waals surface area contributed by atoms with E-state index in [9.17, 15) is 9.18 Å². The van der Waals surface area contributed by atoms with Gasteiger partial charge in [0.15, 0.2) is 0 Å². The third-order valence-corrected chi connectivity index (χ3v) is 3.09. The molecule has 0 aliphatic carbocycles. The van der Waals surface area contributed by atoms with Crippen LogP contribution in [0.1, 0.15) is 12.0 Å². The minimum absolute atomic E-state index is 0.246. The molecule has 17 heavy (non-hydrogen) atoms. The number of carbonyl (C=O) groups is 1. The van der Waals surface area contributed by atoms with Crippen molar-refractivity contribution in [2.75, 3.05) is 19.9 Å². The van der Waals surface area contributed by atoms with E-state index in [2.05, 4.69) is 10.1 Å². The van der Waals surface area contributed by atoms with Crippen molar-refractivity contribution in [3.05, 3.63) is 29.6 Å². The van der Waals surface area contributed by atoms with Gasteiger partial charge in [0.25, 0.3) is 0 Å². The molecule has 1 rings (SSSR count). The van der Waals surface area contributed by atoms with Crippen LogP contribution in [0.25, 0.3) is 0 Å². The highest BCUT2D eigenvalue weighted by Gasteiger charge is 2.04. The Hall–Kier alpha value is -1.07. The number of methoxy groups -OCH3 is 1. The van der Waals surface area contributed by atoms with Gasteiger partial charge >= 0.3 is 5.97 Å². The Kier molecular flexibility index (Phi) is 6.00. The van der Waals surface area contributed by atoms with E-state index in [1.165, 1.54) is 31.0 Å². The molecule has 3 nitrogen and oxygen atoms in total. The first kappa shape index (κ1) is 14.0. The van der Waals surface area contributed by atoms with E-state index in [4.69, 9.17) is 0 Å². The lowest BCUT2D eigenvalue weighted by Crippen LogP contribution is -2.05. The van der Waals surface area contributed by atoms with Crippen LogP contribution in [0.3, 0.4) is 0 Å². The summed E-state index contributed by atoms with van der Waals surface area (Å²) in [5, 5.41) is 2.97. The van der Waals surface area contributed by atoms with Crippen LogP contribution in [-0.2, 0) is 16.1 Å². The van der Waals surface area contributed by atoms with Crippen molar-refractivity contribution in [3.8, 4) is 0 Å². The van der Waals surface area contributed by atoms with Gasteiger partial charge in [0.2, 0.25) is 0 Å². The van der Waals surface area contributed by atoms with Crippen molar-refractivity contribution < 1.29 is 13.9 Å². The summed E-state index contributed by atoms with van der Waals surface area (Å²) in [6.07, 6.45) is 0.332. The summed E-state index contributed by atoms with van der Waals surface area (Å²) in [6.45, 7) is 0.627. The highest BCUT2D eigenvalue weighted by Crippen LogP contribution is 2.21. The smallest absolute Gasteiger partial charge is 0.306 e.